The van der Waals surface area contributed by atoms with Gasteiger partial charge in [-0.1, -0.05) is 36.4 Å². The molecule has 3 rings (SSSR count). The molecule has 2 aromatic carbocycles. The number of β-amino-alcohol motifs (C(OH)–C–C–N with tert-alkyl or cyclic N) is 1. The van der Waals surface area contributed by atoms with Crippen LogP contribution < -0.4 is 10.1 Å². The van der Waals surface area contributed by atoms with E-state index >= 15 is 0 Å². The second kappa shape index (κ2) is 10.1. The van der Waals surface area contributed by atoms with E-state index in [2.05, 4.69) is 50.4 Å². The largest absolute Gasteiger partial charge is 0.488 e. The van der Waals surface area contributed by atoms with Crippen LogP contribution >= 0.6 is 15.9 Å². The van der Waals surface area contributed by atoms with Gasteiger partial charge >= 0.3 is 0 Å². The number of likely N-dealkylation sites (tertiary alicyclic amines) is 1. The van der Waals surface area contributed by atoms with E-state index in [4.69, 9.17) is 4.74 Å². The number of ether oxygens (including phenoxy) is 1. The lowest BCUT2D eigenvalue weighted by molar-refractivity contribution is 0.123. The lowest BCUT2D eigenvalue weighted by Gasteiger charge is -2.19. The van der Waals surface area contributed by atoms with Crippen molar-refractivity contribution in [3.05, 3.63) is 64.1 Å². The summed E-state index contributed by atoms with van der Waals surface area (Å²) in [6.07, 6.45) is 2.20. The average molecular weight is 419 g/mol. The van der Waals surface area contributed by atoms with E-state index in [1.807, 2.05) is 24.3 Å². The van der Waals surface area contributed by atoms with Crippen molar-refractivity contribution in [2.75, 3.05) is 26.2 Å². The van der Waals surface area contributed by atoms with Crippen LogP contribution in [-0.2, 0) is 13.2 Å². The number of hydrogen-bond donors (Lipinski definition) is 2. The first kappa shape index (κ1) is 19.4. The van der Waals surface area contributed by atoms with Crippen molar-refractivity contribution in [2.24, 2.45) is 0 Å². The van der Waals surface area contributed by atoms with Crippen LogP contribution in [0.2, 0.25) is 0 Å². The molecule has 5 heteroatoms. The van der Waals surface area contributed by atoms with Gasteiger partial charge in [0.2, 0.25) is 0 Å². The monoisotopic (exact) mass is 418 g/mol. The van der Waals surface area contributed by atoms with Gasteiger partial charge in [0.25, 0.3) is 0 Å². The standard InChI is InChI=1S/C21H27BrN2O2/c22-20-12-18(13-23-14-19(25)15-24-10-4-5-11-24)8-9-21(20)26-16-17-6-2-1-3-7-17/h1-3,6-9,12,19,23,25H,4-5,10-11,13-16H2. The van der Waals surface area contributed by atoms with Gasteiger partial charge in [0, 0.05) is 19.6 Å². The third-order valence-corrected chi connectivity index (χ3v) is 5.23. The van der Waals surface area contributed by atoms with Crippen LogP contribution in [0.1, 0.15) is 24.0 Å². The van der Waals surface area contributed by atoms with Crippen molar-refractivity contribution in [3.63, 3.8) is 0 Å². The fraction of sp³-hybridized carbons (Fsp3) is 0.429. The molecule has 0 aromatic heterocycles. The number of nitrogens with zero attached hydrogens (tertiary/aromatic N) is 1. The normalized spacial score (nSPS) is 15.9. The highest BCUT2D eigenvalue weighted by Crippen LogP contribution is 2.26. The number of aliphatic hydroxyl groups is 1. The van der Waals surface area contributed by atoms with E-state index in [9.17, 15) is 5.11 Å². The minimum absolute atomic E-state index is 0.315. The molecule has 1 unspecified atom stereocenters. The number of rotatable bonds is 9. The van der Waals surface area contributed by atoms with E-state index in [-0.39, 0.29) is 6.10 Å². The smallest absolute Gasteiger partial charge is 0.134 e. The molecule has 0 radical (unpaired) electrons. The highest BCUT2D eigenvalue weighted by Gasteiger charge is 2.15. The summed E-state index contributed by atoms with van der Waals surface area (Å²) < 4.78 is 6.83. The minimum Gasteiger partial charge on any atom is -0.488 e. The summed E-state index contributed by atoms with van der Waals surface area (Å²) in [6.45, 7) is 4.90. The second-order valence-corrected chi connectivity index (χ2v) is 7.69. The summed E-state index contributed by atoms with van der Waals surface area (Å²) in [5.41, 5.74) is 2.31. The summed E-state index contributed by atoms with van der Waals surface area (Å²) in [6, 6.07) is 16.3. The van der Waals surface area contributed by atoms with Crippen molar-refractivity contribution in [3.8, 4) is 5.75 Å². The molecule has 1 heterocycles. The first-order valence-electron chi connectivity index (χ1n) is 9.27. The van der Waals surface area contributed by atoms with E-state index in [0.717, 1.165) is 47.5 Å². The minimum atomic E-state index is -0.315. The van der Waals surface area contributed by atoms with E-state index in [0.29, 0.717) is 13.2 Å². The van der Waals surface area contributed by atoms with Crippen LogP contribution in [0.25, 0.3) is 0 Å². The molecule has 1 fully saturated rings. The van der Waals surface area contributed by atoms with Gasteiger partial charge in [-0.2, -0.15) is 0 Å². The first-order chi connectivity index (χ1) is 12.7. The third-order valence-electron chi connectivity index (χ3n) is 4.61. The van der Waals surface area contributed by atoms with Gasteiger partial charge in [0.1, 0.15) is 12.4 Å². The molecule has 0 spiro atoms. The Morgan fingerprint density at radius 3 is 2.58 bits per heavy atom. The molecule has 1 aliphatic heterocycles. The molecular formula is C21H27BrN2O2. The molecule has 0 aliphatic carbocycles. The topological polar surface area (TPSA) is 44.7 Å². The Hall–Kier alpha value is -1.40. The first-order valence-corrected chi connectivity index (χ1v) is 10.1. The Labute approximate surface area is 164 Å². The van der Waals surface area contributed by atoms with E-state index in [1.165, 1.54) is 12.8 Å². The summed E-state index contributed by atoms with van der Waals surface area (Å²) >= 11 is 3.59. The average Bonchev–Trinajstić information content (AvgIpc) is 3.15. The maximum absolute atomic E-state index is 10.1. The predicted octanol–water partition coefficient (Wildman–Crippen LogP) is 3.57. The molecule has 0 amide bonds. The zero-order valence-corrected chi connectivity index (χ0v) is 16.6. The maximum atomic E-state index is 10.1. The van der Waals surface area contributed by atoms with Crippen molar-refractivity contribution >= 4 is 15.9 Å². The van der Waals surface area contributed by atoms with Gasteiger partial charge in [0.05, 0.1) is 10.6 Å². The van der Waals surface area contributed by atoms with Crippen LogP contribution in [0.15, 0.2) is 53.0 Å². The van der Waals surface area contributed by atoms with Crippen molar-refractivity contribution in [2.45, 2.75) is 32.1 Å². The molecule has 2 N–H and O–H groups in total. The zero-order valence-electron chi connectivity index (χ0n) is 15.0. The predicted molar refractivity (Wildman–Crippen MR) is 108 cm³/mol. The molecule has 4 nitrogen and oxygen atoms in total. The summed E-state index contributed by atoms with van der Waals surface area (Å²) in [5.74, 6) is 0.840. The van der Waals surface area contributed by atoms with Gasteiger partial charge in [-0.25, -0.2) is 0 Å². The van der Waals surface area contributed by atoms with E-state index in [1.54, 1.807) is 0 Å². The summed E-state index contributed by atoms with van der Waals surface area (Å²) in [4.78, 5) is 2.34. The summed E-state index contributed by atoms with van der Waals surface area (Å²) in [5, 5.41) is 13.5. The maximum Gasteiger partial charge on any atom is 0.134 e. The van der Waals surface area contributed by atoms with Crippen molar-refractivity contribution in [1.82, 2.24) is 10.2 Å². The van der Waals surface area contributed by atoms with Crippen LogP contribution in [0.4, 0.5) is 0 Å². The number of hydrogen-bond acceptors (Lipinski definition) is 4. The molecular weight excluding hydrogens is 392 g/mol. The fourth-order valence-corrected chi connectivity index (χ4v) is 3.76. The number of benzene rings is 2. The molecule has 26 heavy (non-hydrogen) atoms. The van der Waals surface area contributed by atoms with Crippen LogP contribution in [0, 0.1) is 0 Å². The molecule has 0 bridgehead atoms. The Balaban J connectivity index is 1.42. The van der Waals surface area contributed by atoms with Crippen LogP contribution in [0.3, 0.4) is 0 Å². The van der Waals surface area contributed by atoms with Gasteiger partial charge in [-0.05, 0) is 65.1 Å². The number of halogens is 1. The highest BCUT2D eigenvalue weighted by molar-refractivity contribution is 9.10. The fourth-order valence-electron chi connectivity index (χ4n) is 3.22. The number of aliphatic hydroxyl groups excluding tert-OH is 1. The second-order valence-electron chi connectivity index (χ2n) is 6.83. The van der Waals surface area contributed by atoms with E-state index < -0.39 is 0 Å². The molecule has 0 saturated carbocycles. The van der Waals surface area contributed by atoms with Gasteiger partial charge in [-0.15, -0.1) is 0 Å². The van der Waals surface area contributed by atoms with Gasteiger partial charge in [0.15, 0.2) is 0 Å². The molecule has 2 aromatic rings. The molecule has 140 valence electrons. The van der Waals surface area contributed by atoms with Crippen LogP contribution in [0.5, 0.6) is 5.75 Å². The Morgan fingerprint density at radius 1 is 1.08 bits per heavy atom. The Kier molecular flexibility index (Phi) is 7.50. The summed E-state index contributed by atoms with van der Waals surface area (Å²) in [7, 11) is 0. The SMILES string of the molecule is OC(CNCc1ccc(OCc2ccccc2)c(Br)c1)CN1CCCC1. The van der Waals surface area contributed by atoms with Crippen molar-refractivity contribution in [1.29, 1.82) is 0 Å². The quantitative estimate of drug-likeness (QED) is 0.653. The lowest BCUT2D eigenvalue weighted by Crippen LogP contribution is -2.36. The third kappa shape index (κ3) is 6.09. The van der Waals surface area contributed by atoms with Gasteiger partial charge in [-0.3, -0.25) is 0 Å². The zero-order chi connectivity index (χ0) is 18.2. The Morgan fingerprint density at radius 2 is 1.85 bits per heavy atom. The number of nitrogens with one attached hydrogen (secondary N) is 1. The Bertz CT molecular complexity index is 675. The molecule has 1 aliphatic rings. The van der Waals surface area contributed by atoms with Crippen molar-refractivity contribution < 1.29 is 9.84 Å². The van der Waals surface area contributed by atoms with Crippen LogP contribution in [-0.4, -0.2) is 42.3 Å². The molecule has 1 atom stereocenters. The highest BCUT2D eigenvalue weighted by atomic mass is 79.9. The molecule has 1 saturated heterocycles. The lowest BCUT2D eigenvalue weighted by atomic mass is 10.2. The van der Waals surface area contributed by atoms with Gasteiger partial charge < -0.3 is 20.1 Å².